The van der Waals surface area contributed by atoms with Gasteiger partial charge < -0.3 is 9.64 Å². The van der Waals surface area contributed by atoms with Gasteiger partial charge >= 0.3 is 0 Å². The van der Waals surface area contributed by atoms with Gasteiger partial charge in [-0.05, 0) is 30.5 Å². The number of likely N-dealkylation sites (N-methyl/N-ethyl adjacent to an activating group) is 1. The van der Waals surface area contributed by atoms with Crippen LogP contribution in [0.2, 0.25) is 0 Å². The van der Waals surface area contributed by atoms with Crippen LogP contribution in [0.15, 0.2) is 30.6 Å². The van der Waals surface area contributed by atoms with Gasteiger partial charge in [0.15, 0.2) is 0 Å². The fraction of sp³-hybridized carbons (Fsp3) is 0.429. The first-order valence-electron chi connectivity index (χ1n) is 6.20. The fourth-order valence-corrected chi connectivity index (χ4v) is 1.95. The molecule has 1 saturated heterocycles. The zero-order valence-electron chi connectivity index (χ0n) is 10.6. The lowest BCUT2D eigenvalue weighted by atomic mass is 10.2. The molecular weight excluding hydrogens is 228 g/mol. The molecule has 0 saturated carbocycles. The summed E-state index contributed by atoms with van der Waals surface area (Å²) in [6, 6.07) is 3.76. The van der Waals surface area contributed by atoms with Crippen molar-refractivity contribution in [2.75, 3.05) is 20.2 Å². The van der Waals surface area contributed by atoms with Crippen LogP contribution in [0.5, 0.6) is 0 Å². The third-order valence-electron chi connectivity index (χ3n) is 2.98. The van der Waals surface area contributed by atoms with Gasteiger partial charge in [0.2, 0.25) is 5.91 Å². The number of hydrogen-bond acceptors (Lipinski definition) is 3. The van der Waals surface area contributed by atoms with Crippen molar-refractivity contribution in [1.82, 2.24) is 9.88 Å². The zero-order valence-corrected chi connectivity index (χ0v) is 10.6. The molecule has 2 rings (SSSR count). The molecule has 1 amide bonds. The summed E-state index contributed by atoms with van der Waals surface area (Å²) in [7, 11) is 1.80. The summed E-state index contributed by atoms with van der Waals surface area (Å²) in [6.45, 7) is 1.48. The van der Waals surface area contributed by atoms with Gasteiger partial charge in [-0.3, -0.25) is 9.78 Å². The molecule has 1 atom stereocenters. The maximum atomic E-state index is 11.9. The number of aromatic nitrogens is 1. The van der Waals surface area contributed by atoms with E-state index in [1.165, 1.54) is 0 Å². The molecule has 1 aliphatic heterocycles. The topological polar surface area (TPSA) is 42.4 Å². The zero-order chi connectivity index (χ0) is 12.8. The van der Waals surface area contributed by atoms with Crippen molar-refractivity contribution in [3.05, 3.63) is 36.2 Å². The number of ether oxygens (including phenoxy) is 1. The average molecular weight is 246 g/mol. The maximum absolute atomic E-state index is 11.9. The molecule has 18 heavy (non-hydrogen) atoms. The monoisotopic (exact) mass is 246 g/mol. The minimum absolute atomic E-state index is 0.00523. The van der Waals surface area contributed by atoms with Crippen LogP contribution in [-0.2, 0) is 9.53 Å². The van der Waals surface area contributed by atoms with E-state index in [0.717, 1.165) is 25.0 Å². The van der Waals surface area contributed by atoms with Gasteiger partial charge in [0.1, 0.15) is 0 Å². The van der Waals surface area contributed by atoms with E-state index in [9.17, 15) is 4.79 Å². The molecule has 1 aromatic rings. The molecule has 0 N–H and O–H groups in total. The van der Waals surface area contributed by atoms with Gasteiger partial charge in [-0.15, -0.1) is 0 Å². The van der Waals surface area contributed by atoms with Crippen LogP contribution in [0, 0.1) is 0 Å². The number of hydrogen-bond donors (Lipinski definition) is 0. The lowest BCUT2D eigenvalue weighted by Gasteiger charge is -2.19. The highest BCUT2D eigenvalue weighted by Crippen LogP contribution is 2.12. The van der Waals surface area contributed by atoms with Gasteiger partial charge in [0, 0.05) is 38.7 Å². The molecular formula is C14H18N2O2. The second-order valence-electron chi connectivity index (χ2n) is 4.47. The Morgan fingerprint density at radius 2 is 2.56 bits per heavy atom. The molecule has 1 aromatic heterocycles. The van der Waals surface area contributed by atoms with Crippen molar-refractivity contribution < 1.29 is 9.53 Å². The first-order chi connectivity index (χ1) is 8.75. The molecule has 4 nitrogen and oxygen atoms in total. The number of rotatable bonds is 4. The van der Waals surface area contributed by atoms with Gasteiger partial charge in [0.25, 0.3) is 0 Å². The van der Waals surface area contributed by atoms with Crippen molar-refractivity contribution in [3.63, 3.8) is 0 Å². The Morgan fingerprint density at radius 1 is 1.67 bits per heavy atom. The fourth-order valence-electron chi connectivity index (χ4n) is 1.95. The van der Waals surface area contributed by atoms with Gasteiger partial charge in [0.05, 0.1) is 6.10 Å². The Bertz CT molecular complexity index is 411. The number of carbonyl (C=O) groups is 1. The van der Waals surface area contributed by atoms with E-state index in [1.54, 1.807) is 36.5 Å². The number of amides is 1. The van der Waals surface area contributed by atoms with Gasteiger partial charge in [-0.25, -0.2) is 0 Å². The van der Waals surface area contributed by atoms with E-state index in [-0.39, 0.29) is 12.0 Å². The highest BCUT2D eigenvalue weighted by Gasteiger charge is 2.18. The Morgan fingerprint density at radius 3 is 3.22 bits per heavy atom. The van der Waals surface area contributed by atoms with E-state index in [1.807, 2.05) is 12.1 Å². The van der Waals surface area contributed by atoms with Crippen LogP contribution >= 0.6 is 0 Å². The van der Waals surface area contributed by atoms with Gasteiger partial charge in [-0.2, -0.15) is 0 Å². The number of nitrogens with zero attached hydrogens (tertiary/aromatic N) is 2. The summed E-state index contributed by atoms with van der Waals surface area (Å²) in [5.41, 5.74) is 0.927. The van der Waals surface area contributed by atoms with Crippen LogP contribution in [0.1, 0.15) is 18.4 Å². The maximum Gasteiger partial charge on any atom is 0.246 e. The van der Waals surface area contributed by atoms with Crippen molar-refractivity contribution >= 4 is 12.0 Å². The van der Waals surface area contributed by atoms with E-state index in [2.05, 4.69) is 4.98 Å². The lowest BCUT2D eigenvalue weighted by molar-refractivity contribution is -0.126. The van der Waals surface area contributed by atoms with Crippen LogP contribution < -0.4 is 0 Å². The van der Waals surface area contributed by atoms with E-state index in [0.29, 0.717) is 6.54 Å². The summed E-state index contributed by atoms with van der Waals surface area (Å²) in [4.78, 5) is 17.6. The standard InChI is InChI=1S/C14H18N2O2/c1-16(11-13-5-3-9-18-13)14(17)7-6-12-4-2-8-15-10-12/h2,4,6-8,10,13H,3,5,9,11H2,1H3/b7-6+/t13-/m1/s1. The van der Waals surface area contributed by atoms with Crippen molar-refractivity contribution in [2.24, 2.45) is 0 Å². The molecule has 0 aliphatic carbocycles. The Kier molecular flexibility index (Phi) is 4.47. The van der Waals surface area contributed by atoms with Crippen LogP contribution in [0.3, 0.4) is 0 Å². The Labute approximate surface area is 107 Å². The predicted octanol–water partition coefficient (Wildman–Crippen LogP) is 1.73. The average Bonchev–Trinajstić information content (AvgIpc) is 2.90. The molecule has 1 fully saturated rings. The summed E-state index contributed by atoms with van der Waals surface area (Å²) < 4.78 is 5.51. The third kappa shape index (κ3) is 3.67. The second-order valence-corrected chi connectivity index (χ2v) is 4.47. The van der Waals surface area contributed by atoms with Crippen molar-refractivity contribution in [3.8, 4) is 0 Å². The third-order valence-corrected chi connectivity index (χ3v) is 2.98. The largest absolute Gasteiger partial charge is 0.376 e. The van der Waals surface area contributed by atoms with Crippen molar-refractivity contribution in [2.45, 2.75) is 18.9 Å². The summed E-state index contributed by atoms with van der Waals surface area (Å²) in [6.07, 6.45) is 9.13. The molecule has 0 unspecified atom stereocenters. The SMILES string of the molecule is CN(C[C@H]1CCCO1)C(=O)/C=C/c1cccnc1. The Balaban J connectivity index is 1.85. The lowest BCUT2D eigenvalue weighted by Crippen LogP contribution is -2.32. The molecule has 96 valence electrons. The molecule has 0 bridgehead atoms. The molecule has 2 heterocycles. The minimum Gasteiger partial charge on any atom is -0.376 e. The minimum atomic E-state index is -0.00523. The van der Waals surface area contributed by atoms with Crippen LogP contribution in [0.25, 0.3) is 6.08 Å². The Hall–Kier alpha value is -1.68. The highest BCUT2D eigenvalue weighted by molar-refractivity contribution is 5.91. The smallest absolute Gasteiger partial charge is 0.246 e. The van der Waals surface area contributed by atoms with E-state index < -0.39 is 0 Å². The van der Waals surface area contributed by atoms with Gasteiger partial charge in [-0.1, -0.05) is 6.07 Å². The van der Waals surface area contributed by atoms with E-state index >= 15 is 0 Å². The predicted molar refractivity (Wildman–Crippen MR) is 69.9 cm³/mol. The van der Waals surface area contributed by atoms with Crippen LogP contribution in [-0.4, -0.2) is 42.1 Å². The van der Waals surface area contributed by atoms with Crippen molar-refractivity contribution in [1.29, 1.82) is 0 Å². The molecule has 4 heteroatoms. The van der Waals surface area contributed by atoms with Crippen LogP contribution in [0.4, 0.5) is 0 Å². The number of pyridine rings is 1. The quantitative estimate of drug-likeness (QED) is 0.760. The first kappa shape index (κ1) is 12.8. The second kappa shape index (κ2) is 6.31. The molecule has 0 spiro atoms. The summed E-state index contributed by atoms with van der Waals surface area (Å²) in [5.74, 6) is -0.00523. The molecule has 1 aliphatic rings. The normalized spacial score (nSPS) is 19.3. The summed E-state index contributed by atoms with van der Waals surface area (Å²) >= 11 is 0. The number of carbonyl (C=O) groups excluding carboxylic acids is 1. The highest BCUT2D eigenvalue weighted by atomic mass is 16.5. The summed E-state index contributed by atoms with van der Waals surface area (Å²) in [5, 5.41) is 0. The molecule has 0 aromatic carbocycles. The van der Waals surface area contributed by atoms with E-state index in [4.69, 9.17) is 4.74 Å². The first-order valence-corrected chi connectivity index (χ1v) is 6.20. The molecule has 0 radical (unpaired) electrons.